The van der Waals surface area contributed by atoms with E-state index in [0.717, 1.165) is 30.6 Å². The summed E-state index contributed by atoms with van der Waals surface area (Å²) < 4.78 is 0. The zero-order chi connectivity index (χ0) is 13.9. The molecule has 2 aromatic heterocycles. The van der Waals surface area contributed by atoms with Crippen molar-refractivity contribution in [3.63, 3.8) is 0 Å². The fourth-order valence-electron chi connectivity index (χ4n) is 2.10. The van der Waals surface area contributed by atoms with E-state index in [0.29, 0.717) is 11.2 Å². The summed E-state index contributed by atoms with van der Waals surface area (Å²) in [5.41, 5.74) is 1.80. The maximum atomic E-state index is 12.1. The van der Waals surface area contributed by atoms with Crippen molar-refractivity contribution in [2.75, 3.05) is 11.9 Å². The first kappa shape index (κ1) is 13.1. The van der Waals surface area contributed by atoms with Gasteiger partial charge in [-0.2, -0.15) is 0 Å². The fourth-order valence-corrected chi connectivity index (χ4v) is 2.80. The summed E-state index contributed by atoms with van der Waals surface area (Å²) in [4.78, 5) is 22.5. The molecule has 6 heteroatoms. The second-order valence-corrected chi connectivity index (χ2v) is 5.59. The molecule has 0 atom stereocenters. The SMILES string of the molecule is CCN(C(=O)Nc1nc(-c2cccnc2)cs1)C1CC1. The molecule has 1 aliphatic rings. The van der Waals surface area contributed by atoms with Crippen LogP contribution in [0.4, 0.5) is 9.93 Å². The molecule has 0 radical (unpaired) electrons. The first-order chi connectivity index (χ1) is 9.78. The summed E-state index contributed by atoms with van der Waals surface area (Å²) >= 11 is 1.44. The topological polar surface area (TPSA) is 58.1 Å². The highest BCUT2D eigenvalue weighted by Crippen LogP contribution is 2.28. The Kier molecular flexibility index (Phi) is 3.64. The molecule has 1 aliphatic carbocycles. The molecular weight excluding hydrogens is 272 g/mol. The largest absolute Gasteiger partial charge is 0.323 e. The number of carbonyl (C=O) groups excluding carboxylic acids is 1. The smallest absolute Gasteiger partial charge is 0.322 e. The third-order valence-corrected chi connectivity index (χ3v) is 4.02. The van der Waals surface area contributed by atoms with Crippen LogP contribution in [-0.4, -0.2) is 33.5 Å². The van der Waals surface area contributed by atoms with Crippen molar-refractivity contribution in [2.45, 2.75) is 25.8 Å². The van der Waals surface area contributed by atoms with E-state index >= 15 is 0 Å². The molecule has 0 aliphatic heterocycles. The van der Waals surface area contributed by atoms with E-state index in [1.807, 2.05) is 29.3 Å². The molecule has 2 heterocycles. The van der Waals surface area contributed by atoms with E-state index in [1.54, 1.807) is 12.4 Å². The number of hydrogen-bond donors (Lipinski definition) is 1. The standard InChI is InChI=1S/C14H16N4OS/c1-2-18(11-5-6-11)14(19)17-13-16-12(9-20-13)10-4-3-7-15-8-10/h3-4,7-9,11H,2,5-6H2,1H3,(H,16,17,19). The van der Waals surface area contributed by atoms with Gasteiger partial charge in [-0.15, -0.1) is 11.3 Å². The van der Waals surface area contributed by atoms with Crippen LogP contribution in [0.3, 0.4) is 0 Å². The van der Waals surface area contributed by atoms with E-state index in [4.69, 9.17) is 0 Å². The van der Waals surface area contributed by atoms with E-state index in [2.05, 4.69) is 15.3 Å². The third-order valence-electron chi connectivity index (χ3n) is 3.26. The van der Waals surface area contributed by atoms with E-state index in [-0.39, 0.29) is 6.03 Å². The Morgan fingerprint density at radius 2 is 2.40 bits per heavy atom. The second kappa shape index (κ2) is 5.58. The molecule has 0 unspecified atom stereocenters. The molecule has 1 N–H and O–H groups in total. The van der Waals surface area contributed by atoms with Gasteiger partial charge in [-0.1, -0.05) is 0 Å². The van der Waals surface area contributed by atoms with E-state index in [9.17, 15) is 4.79 Å². The van der Waals surface area contributed by atoms with Crippen LogP contribution in [0.5, 0.6) is 0 Å². The first-order valence-corrected chi connectivity index (χ1v) is 7.59. The van der Waals surface area contributed by atoms with Crippen LogP contribution in [0, 0.1) is 0 Å². The Labute approximate surface area is 121 Å². The quantitative estimate of drug-likeness (QED) is 0.939. The Morgan fingerprint density at radius 3 is 3.05 bits per heavy atom. The number of thiazole rings is 1. The van der Waals surface area contributed by atoms with Gasteiger partial charge in [-0.3, -0.25) is 10.3 Å². The van der Waals surface area contributed by atoms with Gasteiger partial charge < -0.3 is 4.90 Å². The highest BCUT2D eigenvalue weighted by molar-refractivity contribution is 7.14. The van der Waals surface area contributed by atoms with Crippen LogP contribution in [-0.2, 0) is 0 Å². The van der Waals surface area contributed by atoms with Crippen LogP contribution in [0.2, 0.25) is 0 Å². The van der Waals surface area contributed by atoms with Crippen molar-refractivity contribution in [1.82, 2.24) is 14.9 Å². The van der Waals surface area contributed by atoms with Crippen LogP contribution in [0.15, 0.2) is 29.9 Å². The van der Waals surface area contributed by atoms with Crippen LogP contribution < -0.4 is 5.32 Å². The number of urea groups is 1. The predicted octanol–water partition coefficient (Wildman–Crippen LogP) is 3.22. The van der Waals surface area contributed by atoms with Crippen molar-refractivity contribution in [3.8, 4) is 11.3 Å². The minimum atomic E-state index is -0.0536. The molecular formula is C14H16N4OS. The second-order valence-electron chi connectivity index (χ2n) is 4.73. The average molecular weight is 288 g/mol. The monoisotopic (exact) mass is 288 g/mol. The summed E-state index contributed by atoms with van der Waals surface area (Å²) in [7, 11) is 0. The summed E-state index contributed by atoms with van der Waals surface area (Å²) in [5.74, 6) is 0. The van der Waals surface area contributed by atoms with Gasteiger partial charge in [0.15, 0.2) is 5.13 Å². The molecule has 3 rings (SSSR count). The number of carbonyl (C=O) groups is 1. The minimum absolute atomic E-state index is 0.0536. The summed E-state index contributed by atoms with van der Waals surface area (Å²) in [5, 5.41) is 5.44. The number of pyridine rings is 1. The van der Waals surface area contributed by atoms with Crippen LogP contribution >= 0.6 is 11.3 Å². The number of nitrogens with one attached hydrogen (secondary N) is 1. The normalized spacial score (nSPS) is 14.1. The fraction of sp³-hybridized carbons (Fsp3) is 0.357. The lowest BCUT2D eigenvalue weighted by Crippen LogP contribution is -2.36. The molecule has 0 bridgehead atoms. The summed E-state index contributed by atoms with van der Waals surface area (Å²) in [6.07, 6.45) is 5.72. The predicted molar refractivity (Wildman–Crippen MR) is 79.8 cm³/mol. The molecule has 1 saturated carbocycles. The number of rotatable bonds is 4. The van der Waals surface area contributed by atoms with Gasteiger partial charge >= 0.3 is 6.03 Å². The lowest BCUT2D eigenvalue weighted by molar-refractivity contribution is 0.212. The Morgan fingerprint density at radius 1 is 1.55 bits per heavy atom. The Bertz CT molecular complexity index is 594. The molecule has 0 saturated heterocycles. The lowest BCUT2D eigenvalue weighted by Gasteiger charge is -2.19. The molecule has 0 aromatic carbocycles. The summed E-state index contributed by atoms with van der Waals surface area (Å²) in [6.45, 7) is 2.73. The summed E-state index contributed by atoms with van der Waals surface area (Å²) in [6, 6.07) is 4.19. The number of nitrogens with zero attached hydrogens (tertiary/aromatic N) is 3. The van der Waals surface area contributed by atoms with Gasteiger partial charge in [-0.25, -0.2) is 9.78 Å². The molecule has 0 spiro atoms. The van der Waals surface area contributed by atoms with Crippen LogP contribution in [0.25, 0.3) is 11.3 Å². The molecule has 104 valence electrons. The van der Waals surface area contributed by atoms with Gasteiger partial charge in [0.25, 0.3) is 0 Å². The maximum absolute atomic E-state index is 12.1. The molecule has 2 amide bonds. The van der Waals surface area contributed by atoms with Gasteiger partial charge in [0.1, 0.15) is 0 Å². The molecule has 5 nitrogen and oxygen atoms in total. The highest BCUT2D eigenvalue weighted by Gasteiger charge is 2.31. The zero-order valence-electron chi connectivity index (χ0n) is 11.2. The molecule has 2 aromatic rings. The Balaban J connectivity index is 1.69. The minimum Gasteiger partial charge on any atom is -0.322 e. The van der Waals surface area contributed by atoms with Crippen molar-refractivity contribution >= 4 is 22.5 Å². The van der Waals surface area contributed by atoms with Crippen molar-refractivity contribution in [1.29, 1.82) is 0 Å². The van der Waals surface area contributed by atoms with E-state index < -0.39 is 0 Å². The first-order valence-electron chi connectivity index (χ1n) is 6.71. The lowest BCUT2D eigenvalue weighted by atomic mass is 10.2. The number of hydrogen-bond acceptors (Lipinski definition) is 4. The van der Waals surface area contributed by atoms with Gasteiger partial charge in [-0.05, 0) is 31.9 Å². The zero-order valence-corrected chi connectivity index (χ0v) is 12.1. The van der Waals surface area contributed by atoms with Gasteiger partial charge in [0.2, 0.25) is 0 Å². The molecule has 1 fully saturated rings. The third kappa shape index (κ3) is 2.80. The van der Waals surface area contributed by atoms with Gasteiger partial charge in [0, 0.05) is 35.9 Å². The van der Waals surface area contributed by atoms with Crippen molar-refractivity contribution in [2.24, 2.45) is 0 Å². The van der Waals surface area contributed by atoms with Gasteiger partial charge in [0.05, 0.1) is 5.69 Å². The average Bonchev–Trinajstić information content (AvgIpc) is 3.19. The maximum Gasteiger partial charge on any atom is 0.323 e. The van der Waals surface area contributed by atoms with E-state index in [1.165, 1.54) is 11.3 Å². The Hall–Kier alpha value is -1.95. The number of aromatic nitrogens is 2. The number of anilines is 1. The van der Waals surface area contributed by atoms with Crippen molar-refractivity contribution in [3.05, 3.63) is 29.9 Å². The van der Waals surface area contributed by atoms with Crippen LogP contribution in [0.1, 0.15) is 19.8 Å². The van der Waals surface area contributed by atoms with Crippen molar-refractivity contribution < 1.29 is 4.79 Å². The number of amides is 2. The highest BCUT2D eigenvalue weighted by atomic mass is 32.1. The molecule has 20 heavy (non-hydrogen) atoms.